The molecule has 2 rings (SSSR count). The first kappa shape index (κ1) is 9.44. The number of hydrazine groups is 1. The van der Waals surface area contributed by atoms with Gasteiger partial charge in [0.2, 0.25) is 0 Å². The normalized spacial score (nSPS) is 17.5. The monoisotopic (exact) mass is 199 g/mol. The summed E-state index contributed by atoms with van der Waals surface area (Å²) in [5, 5.41) is 8.62. The molecule has 0 spiro atoms. The maximum Gasteiger partial charge on any atom is 0.262 e. The fraction of sp³-hybridized carbons (Fsp3) is 0.0909. The number of carbonyl (C=O) groups is 1. The smallest absolute Gasteiger partial charge is 0.262 e. The first-order valence-corrected chi connectivity index (χ1v) is 4.53. The van der Waals surface area contributed by atoms with Crippen molar-refractivity contribution in [3.63, 3.8) is 0 Å². The molecule has 1 aromatic rings. The number of nitriles is 1. The molecule has 0 aromatic heterocycles. The van der Waals surface area contributed by atoms with Gasteiger partial charge in [0.25, 0.3) is 5.91 Å². The van der Waals surface area contributed by atoms with E-state index in [2.05, 4.69) is 10.9 Å². The molecule has 74 valence electrons. The molecule has 0 unspecified atom stereocenters. The molecule has 1 heterocycles. The van der Waals surface area contributed by atoms with E-state index in [0.717, 1.165) is 5.56 Å². The Hall–Kier alpha value is -2.12. The van der Waals surface area contributed by atoms with E-state index in [4.69, 9.17) is 5.26 Å². The predicted molar refractivity (Wildman–Crippen MR) is 55.3 cm³/mol. The zero-order valence-electron chi connectivity index (χ0n) is 7.95. The van der Waals surface area contributed by atoms with Gasteiger partial charge in [-0.2, -0.15) is 5.26 Å². The van der Waals surface area contributed by atoms with E-state index in [1.807, 2.05) is 18.2 Å². The van der Waals surface area contributed by atoms with E-state index in [9.17, 15) is 4.79 Å². The van der Waals surface area contributed by atoms with E-state index in [1.165, 1.54) is 0 Å². The maximum absolute atomic E-state index is 11.2. The third kappa shape index (κ3) is 2.03. The number of benzene rings is 1. The Kier molecular flexibility index (Phi) is 2.48. The molecule has 1 amide bonds. The Morgan fingerprint density at radius 2 is 2.07 bits per heavy atom. The van der Waals surface area contributed by atoms with Gasteiger partial charge >= 0.3 is 0 Å². The van der Waals surface area contributed by atoms with Gasteiger partial charge in [-0.15, -0.1) is 0 Å². The molecule has 0 saturated carbocycles. The van der Waals surface area contributed by atoms with Gasteiger partial charge in [-0.1, -0.05) is 12.1 Å². The highest BCUT2D eigenvalue weighted by atomic mass is 16.2. The van der Waals surface area contributed by atoms with Crippen LogP contribution in [-0.2, 0) is 4.79 Å². The maximum atomic E-state index is 11.2. The van der Waals surface area contributed by atoms with Gasteiger partial charge in [0.05, 0.1) is 11.6 Å². The van der Waals surface area contributed by atoms with Crippen molar-refractivity contribution in [2.75, 3.05) is 6.54 Å². The van der Waals surface area contributed by atoms with Crippen molar-refractivity contribution in [1.29, 1.82) is 5.26 Å². The molecule has 4 nitrogen and oxygen atoms in total. The minimum Gasteiger partial charge on any atom is -0.287 e. The van der Waals surface area contributed by atoms with Gasteiger partial charge in [0.15, 0.2) is 0 Å². The van der Waals surface area contributed by atoms with Gasteiger partial charge in [0.1, 0.15) is 0 Å². The highest BCUT2D eigenvalue weighted by Gasteiger charge is 2.14. The van der Waals surface area contributed by atoms with Crippen LogP contribution in [0.2, 0.25) is 0 Å². The van der Waals surface area contributed by atoms with Crippen molar-refractivity contribution in [3.05, 3.63) is 41.0 Å². The first-order chi connectivity index (χ1) is 7.29. The van der Waals surface area contributed by atoms with Crippen molar-refractivity contribution in [2.24, 2.45) is 0 Å². The molecule has 1 aliphatic heterocycles. The highest BCUT2D eigenvalue weighted by molar-refractivity contribution is 5.99. The molecule has 0 radical (unpaired) electrons. The molecular formula is C11H9N3O. The lowest BCUT2D eigenvalue weighted by molar-refractivity contribution is -0.116. The van der Waals surface area contributed by atoms with E-state index in [0.29, 0.717) is 17.7 Å². The second-order valence-corrected chi connectivity index (χ2v) is 3.21. The van der Waals surface area contributed by atoms with Crippen LogP contribution in [0.4, 0.5) is 0 Å². The van der Waals surface area contributed by atoms with Crippen LogP contribution in [0, 0.1) is 11.3 Å². The standard InChI is InChI=1S/C11H9N3O/c12-6-9-3-1-8(2-4-9)5-10-7-13-14-11(10)15/h1-5,13H,7H2,(H,14,15)/b10-5+. The van der Waals surface area contributed by atoms with Crippen LogP contribution in [0.3, 0.4) is 0 Å². The van der Waals surface area contributed by atoms with Crippen LogP contribution in [-0.4, -0.2) is 12.5 Å². The number of nitrogens with zero attached hydrogens (tertiary/aromatic N) is 1. The van der Waals surface area contributed by atoms with Crippen molar-refractivity contribution in [1.82, 2.24) is 10.9 Å². The van der Waals surface area contributed by atoms with E-state index in [1.54, 1.807) is 18.2 Å². The van der Waals surface area contributed by atoms with Crippen LogP contribution in [0.15, 0.2) is 29.8 Å². The fourth-order valence-electron chi connectivity index (χ4n) is 1.35. The quantitative estimate of drug-likeness (QED) is 0.650. The van der Waals surface area contributed by atoms with Gasteiger partial charge in [-0.25, -0.2) is 5.43 Å². The lowest BCUT2D eigenvalue weighted by Crippen LogP contribution is -2.25. The molecule has 2 N–H and O–H groups in total. The number of rotatable bonds is 1. The Labute approximate surface area is 87.2 Å². The van der Waals surface area contributed by atoms with Crippen LogP contribution in [0.1, 0.15) is 11.1 Å². The Morgan fingerprint density at radius 1 is 1.33 bits per heavy atom. The number of carbonyl (C=O) groups excluding carboxylic acids is 1. The number of nitrogens with one attached hydrogen (secondary N) is 2. The average Bonchev–Trinajstić information content (AvgIpc) is 2.66. The van der Waals surface area contributed by atoms with Gasteiger partial charge < -0.3 is 0 Å². The van der Waals surface area contributed by atoms with Crippen molar-refractivity contribution in [3.8, 4) is 6.07 Å². The average molecular weight is 199 g/mol. The summed E-state index contributed by atoms with van der Waals surface area (Å²) < 4.78 is 0. The Bertz CT molecular complexity index is 454. The summed E-state index contributed by atoms with van der Waals surface area (Å²) in [5.74, 6) is -0.0978. The second kappa shape index (κ2) is 3.95. The first-order valence-electron chi connectivity index (χ1n) is 4.53. The second-order valence-electron chi connectivity index (χ2n) is 3.21. The van der Waals surface area contributed by atoms with Crippen LogP contribution in [0.25, 0.3) is 6.08 Å². The summed E-state index contributed by atoms with van der Waals surface area (Å²) in [6, 6.07) is 9.14. The van der Waals surface area contributed by atoms with E-state index < -0.39 is 0 Å². The summed E-state index contributed by atoms with van der Waals surface area (Å²) in [6.45, 7) is 0.527. The van der Waals surface area contributed by atoms with Gasteiger partial charge in [-0.05, 0) is 23.8 Å². The molecule has 0 atom stereocenters. The van der Waals surface area contributed by atoms with Crippen LogP contribution < -0.4 is 10.9 Å². The van der Waals surface area contributed by atoms with Crippen molar-refractivity contribution >= 4 is 12.0 Å². The molecule has 0 aliphatic carbocycles. The van der Waals surface area contributed by atoms with Gasteiger partial charge in [0, 0.05) is 12.1 Å². The Morgan fingerprint density at radius 3 is 2.60 bits per heavy atom. The highest BCUT2D eigenvalue weighted by Crippen LogP contribution is 2.09. The van der Waals surface area contributed by atoms with Crippen LogP contribution >= 0.6 is 0 Å². The fourth-order valence-corrected chi connectivity index (χ4v) is 1.35. The molecule has 0 bridgehead atoms. The summed E-state index contributed by atoms with van der Waals surface area (Å²) in [4.78, 5) is 11.2. The predicted octanol–water partition coefficient (Wildman–Crippen LogP) is 0.576. The third-order valence-electron chi connectivity index (χ3n) is 2.15. The topological polar surface area (TPSA) is 64.9 Å². The summed E-state index contributed by atoms with van der Waals surface area (Å²) >= 11 is 0. The van der Waals surface area contributed by atoms with E-state index >= 15 is 0 Å². The minimum atomic E-state index is -0.0978. The molecule has 4 heteroatoms. The molecular weight excluding hydrogens is 190 g/mol. The zero-order chi connectivity index (χ0) is 10.7. The SMILES string of the molecule is N#Cc1ccc(/C=C2\CNNC2=O)cc1. The molecule has 1 saturated heterocycles. The Balaban J connectivity index is 2.24. The summed E-state index contributed by atoms with van der Waals surface area (Å²) in [6.07, 6.45) is 1.80. The number of hydrogen-bond acceptors (Lipinski definition) is 3. The third-order valence-corrected chi connectivity index (χ3v) is 2.15. The molecule has 1 aliphatic rings. The van der Waals surface area contributed by atoms with Crippen LogP contribution in [0.5, 0.6) is 0 Å². The zero-order valence-corrected chi connectivity index (χ0v) is 7.95. The summed E-state index contributed by atoms with van der Waals surface area (Å²) in [7, 11) is 0. The van der Waals surface area contributed by atoms with Gasteiger partial charge in [-0.3, -0.25) is 10.2 Å². The lowest BCUT2D eigenvalue weighted by atomic mass is 10.1. The number of amides is 1. The molecule has 1 aromatic carbocycles. The lowest BCUT2D eigenvalue weighted by Gasteiger charge is -1.95. The number of hydrogen-bond donors (Lipinski definition) is 2. The molecule has 1 fully saturated rings. The minimum absolute atomic E-state index is 0.0978. The van der Waals surface area contributed by atoms with E-state index in [-0.39, 0.29) is 5.91 Å². The largest absolute Gasteiger partial charge is 0.287 e. The summed E-state index contributed by atoms with van der Waals surface area (Å²) in [5.41, 5.74) is 7.48. The van der Waals surface area contributed by atoms with Crippen molar-refractivity contribution < 1.29 is 4.79 Å². The van der Waals surface area contributed by atoms with Crippen molar-refractivity contribution in [2.45, 2.75) is 0 Å². The molecule has 15 heavy (non-hydrogen) atoms.